The van der Waals surface area contributed by atoms with Crippen molar-refractivity contribution in [3.05, 3.63) is 0 Å². The molecule has 0 bridgehead atoms. The topological polar surface area (TPSA) is 46.2 Å². The average molecular weight is 274 g/mol. The zero-order valence-corrected chi connectivity index (χ0v) is 12.6. The van der Waals surface area contributed by atoms with Crippen LogP contribution >= 0.6 is 11.8 Å². The van der Waals surface area contributed by atoms with Gasteiger partial charge in [-0.1, -0.05) is 57.2 Å². The second kappa shape index (κ2) is 12.9. The van der Waals surface area contributed by atoms with Crippen molar-refractivity contribution < 1.29 is 9.59 Å². The minimum absolute atomic E-state index is 0.0323. The van der Waals surface area contributed by atoms with Gasteiger partial charge in [-0.2, -0.15) is 0 Å². The van der Waals surface area contributed by atoms with Gasteiger partial charge in [-0.25, -0.2) is 0 Å². The molecule has 3 nitrogen and oxygen atoms in total. The number of nitrogens with one attached hydrogen (secondary N) is 1. The van der Waals surface area contributed by atoms with Crippen LogP contribution in [0, 0.1) is 0 Å². The molecule has 0 unspecified atom stereocenters. The van der Waals surface area contributed by atoms with E-state index in [2.05, 4.69) is 12.2 Å². The van der Waals surface area contributed by atoms with Crippen LogP contribution in [0.1, 0.15) is 65.2 Å². The first-order valence-electron chi connectivity index (χ1n) is 7.07. The predicted molar refractivity (Wildman–Crippen MR) is 78.8 cm³/mol. The van der Waals surface area contributed by atoms with Crippen LogP contribution in [0.4, 0.5) is 0 Å². The number of amides is 1. The zero-order chi connectivity index (χ0) is 13.6. The third kappa shape index (κ3) is 13.6. The summed E-state index contributed by atoms with van der Waals surface area (Å²) < 4.78 is 0. The molecule has 18 heavy (non-hydrogen) atoms. The highest BCUT2D eigenvalue weighted by molar-refractivity contribution is 8.13. The lowest BCUT2D eigenvalue weighted by atomic mass is 10.1. The summed E-state index contributed by atoms with van der Waals surface area (Å²) in [6.07, 6.45) is 9.36. The molecule has 4 heteroatoms. The van der Waals surface area contributed by atoms with Crippen LogP contribution in [-0.4, -0.2) is 23.3 Å². The molecule has 0 saturated heterocycles. The molecule has 1 N–H and O–H groups in total. The molecule has 0 aliphatic carbocycles. The first-order chi connectivity index (χ1) is 8.66. The van der Waals surface area contributed by atoms with E-state index in [1.54, 1.807) is 0 Å². The van der Waals surface area contributed by atoms with Gasteiger partial charge in [-0.3, -0.25) is 9.59 Å². The van der Waals surface area contributed by atoms with E-state index in [1.165, 1.54) is 57.2 Å². The maximum absolute atomic E-state index is 11.5. The molecular formula is C14H27NO2S. The van der Waals surface area contributed by atoms with E-state index in [0.717, 1.165) is 6.42 Å². The van der Waals surface area contributed by atoms with Crippen molar-refractivity contribution in [2.75, 3.05) is 12.3 Å². The normalized spacial score (nSPS) is 10.3. The summed E-state index contributed by atoms with van der Waals surface area (Å²) in [5, 5.41) is 2.94. The minimum Gasteiger partial charge on any atom is -0.356 e. The number of carbonyl (C=O) groups excluding carboxylic acids is 2. The van der Waals surface area contributed by atoms with E-state index < -0.39 is 0 Å². The molecule has 0 spiro atoms. The van der Waals surface area contributed by atoms with Gasteiger partial charge in [0, 0.05) is 25.6 Å². The van der Waals surface area contributed by atoms with Crippen molar-refractivity contribution in [3.8, 4) is 0 Å². The Morgan fingerprint density at radius 2 is 1.61 bits per heavy atom. The number of hydrogen-bond donors (Lipinski definition) is 1. The lowest BCUT2D eigenvalue weighted by Crippen LogP contribution is -2.22. The summed E-state index contributed by atoms with van der Waals surface area (Å²) in [4.78, 5) is 22.1. The number of rotatable bonds is 11. The lowest BCUT2D eigenvalue weighted by molar-refractivity contribution is -0.118. The Kier molecular flexibility index (Phi) is 12.6. The van der Waals surface area contributed by atoms with E-state index in [9.17, 15) is 9.59 Å². The van der Waals surface area contributed by atoms with Gasteiger partial charge in [0.05, 0.1) is 0 Å². The molecule has 0 aliphatic rings. The van der Waals surface area contributed by atoms with E-state index in [0.29, 0.717) is 18.7 Å². The van der Waals surface area contributed by atoms with Crippen LogP contribution in [0.2, 0.25) is 0 Å². The fraction of sp³-hybridized carbons (Fsp3) is 0.857. The predicted octanol–water partition coefficient (Wildman–Crippen LogP) is 3.52. The van der Waals surface area contributed by atoms with Crippen molar-refractivity contribution in [1.29, 1.82) is 0 Å². The monoisotopic (exact) mass is 274 g/mol. The van der Waals surface area contributed by atoms with E-state index in [-0.39, 0.29) is 11.0 Å². The molecule has 0 radical (unpaired) electrons. The second-order valence-corrected chi connectivity index (χ2v) is 5.73. The zero-order valence-electron chi connectivity index (χ0n) is 11.8. The first kappa shape index (κ1) is 17.5. The van der Waals surface area contributed by atoms with Crippen molar-refractivity contribution >= 4 is 22.8 Å². The number of hydrogen-bond acceptors (Lipinski definition) is 3. The minimum atomic E-state index is -0.0323. The smallest absolute Gasteiger partial charge is 0.216 e. The maximum Gasteiger partial charge on any atom is 0.216 e. The molecule has 0 atom stereocenters. The lowest BCUT2D eigenvalue weighted by Gasteiger charge is -2.02. The first-order valence-corrected chi connectivity index (χ1v) is 8.05. The summed E-state index contributed by atoms with van der Waals surface area (Å²) in [6, 6.07) is 0. The Bertz CT molecular complexity index is 232. The molecule has 0 saturated carbocycles. The highest BCUT2D eigenvalue weighted by Gasteiger charge is 2.02. The molecule has 0 aromatic carbocycles. The molecule has 0 fully saturated rings. The van der Waals surface area contributed by atoms with Crippen LogP contribution in [-0.2, 0) is 9.59 Å². The highest BCUT2D eigenvalue weighted by atomic mass is 32.2. The van der Waals surface area contributed by atoms with Gasteiger partial charge in [0.1, 0.15) is 0 Å². The summed E-state index contributed by atoms with van der Waals surface area (Å²) in [7, 11) is 0. The molecule has 0 aliphatic heterocycles. The number of carbonyl (C=O) groups is 2. The summed E-state index contributed by atoms with van der Waals surface area (Å²) in [5.74, 6) is 0.657. The van der Waals surface area contributed by atoms with Gasteiger partial charge < -0.3 is 5.32 Å². The number of unbranched alkanes of at least 4 members (excludes halogenated alkanes) is 6. The molecule has 0 aromatic heterocycles. The Morgan fingerprint density at radius 3 is 2.22 bits per heavy atom. The quantitative estimate of drug-likeness (QED) is 0.463. The Labute approximate surface area is 115 Å². The molecule has 106 valence electrons. The van der Waals surface area contributed by atoms with Crippen molar-refractivity contribution in [2.45, 2.75) is 65.2 Å². The van der Waals surface area contributed by atoms with Gasteiger partial charge in [0.2, 0.25) is 5.91 Å². The number of thioether (sulfide) groups is 1. The SMILES string of the molecule is CCCCCCCCC[13C](=O)SCCNC(C)=O. The van der Waals surface area contributed by atoms with Crippen LogP contribution in [0.15, 0.2) is 0 Å². The Hall–Kier alpha value is -0.510. The molecular weight excluding hydrogens is 247 g/mol. The van der Waals surface area contributed by atoms with Gasteiger partial charge >= 0.3 is 0 Å². The maximum atomic E-state index is 11.5. The van der Waals surface area contributed by atoms with Gasteiger partial charge in [-0.05, 0) is 6.42 Å². The highest BCUT2D eigenvalue weighted by Crippen LogP contribution is 2.12. The third-order valence-electron chi connectivity index (χ3n) is 2.72. The van der Waals surface area contributed by atoms with Crippen LogP contribution in [0.25, 0.3) is 0 Å². The molecule has 0 heterocycles. The molecule has 1 amide bonds. The second-order valence-electron chi connectivity index (χ2n) is 4.57. The van der Waals surface area contributed by atoms with Gasteiger partial charge in [-0.15, -0.1) is 0 Å². The molecule has 0 aromatic rings. The summed E-state index contributed by atoms with van der Waals surface area (Å²) in [5.41, 5.74) is 0. The van der Waals surface area contributed by atoms with Gasteiger partial charge in [0.15, 0.2) is 5.12 Å². The van der Waals surface area contributed by atoms with Crippen molar-refractivity contribution in [2.24, 2.45) is 0 Å². The van der Waals surface area contributed by atoms with E-state index in [4.69, 9.17) is 0 Å². The Morgan fingerprint density at radius 1 is 1.00 bits per heavy atom. The summed E-state index contributed by atoms with van der Waals surface area (Å²) >= 11 is 1.34. The molecule has 0 rings (SSSR count). The average Bonchev–Trinajstić information content (AvgIpc) is 2.33. The van der Waals surface area contributed by atoms with Crippen molar-refractivity contribution in [1.82, 2.24) is 5.32 Å². The Balaban J connectivity index is 3.19. The van der Waals surface area contributed by atoms with Gasteiger partial charge in [0.25, 0.3) is 0 Å². The van der Waals surface area contributed by atoms with Crippen molar-refractivity contribution in [3.63, 3.8) is 0 Å². The fourth-order valence-electron chi connectivity index (χ4n) is 1.69. The third-order valence-corrected chi connectivity index (χ3v) is 3.66. The van der Waals surface area contributed by atoms with E-state index >= 15 is 0 Å². The largest absolute Gasteiger partial charge is 0.356 e. The van der Waals surface area contributed by atoms with E-state index in [1.807, 2.05) is 0 Å². The van der Waals surface area contributed by atoms with Crippen LogP contribution < -0.4 is 5.32 Å². The van der Waals surface area contributed by atoms with Crippen LogP contribution in [0.5, 0.6) is 0 Å². The van der Waals surface area contributed by atoms with Crippen LogP contribution in [0.3, 0.4) is 0 Å². The fourth-order valence-corrected chi connectivity index (χ4v) is 2.41. The summed E-state index contributed by atoms with van der Waals surface area (Å²) in [6.45, 7) is 4.30. The standard InChI is InChI=1S/C14H27NO2S/c1-3-4-5-6-7-8-9-10-14(17)18-12-11-15-13(2)16/h3-12H2,1-2H3,(H,15,16)/i14+1.